The summed E-state index contributed by atoms with van der Waals surface area (Å²) in [7, 11) is 1.66. The predicted octanol–water partition coefficient (Wildman–Crippen LogP) is 1.85. The summed E-state index contributed by atoms with van der Waals surface area (Å²) in [5.41, 5.74) is 1.98. The number of ether oxygens (including phenoxy) is 1. The number of β-amino-alcohol motifs (C(OH)–C–C–N with tert-alkyl or cyclic N) is 1. The van der Waals surface area contributed by atoms with Crippen LogP contribution >= 0.6 is 0 Å². The highest BCUT2D eigenvalue weighted by atomic mass is 16.5. The van der Waals surface area contributed by atoms with Crippen LogP contribution < -0.4 is 4.74 Å². The Morgan fingerprint density at radius 2 is 1.95 bits per heavy atom. The average molecular weight is 303 g/mol. The fourth-order valence-corrected chi connectivity index (χ4v) is 3.15. The molecule has 1 aromatic carbocycles. The van der Waals surface area contributed by atoms with Crippen LogP contribution in [-0.2, 0) is 0 Å². The zero-order valence-corrected chi connectivity index (χ0v) is 13.4. The molecule has 3 rings (SSSR count). The van der Waals surface area contributed by atoms with E-state index >= 15 is 0 Å². The molecule has 1 atom stereocenters. The molecule has 1 aromatic heterocycles. The van der Waals surface area contributed by atoms with Crippen LogP contribution in [0.4, 0.5) is 0 Å². The van der Waals surface area contributed by atoms with Crippen LogP contribution in [0, 0.1) is 0 Å². The second kappa shape index (κ2) is 6.69. The Bertz CT molecular complexity index is 617. The summed E-state index contributed by atoms with van der Waals surface area (Å²) in [5.74, 6) is 0.817. The minimum Gasteiger partial charge on any atom is -0.497 e. The number of H-pyrrole nitrogens is 1. The number of nitrogens with zero attached hydrogens (tertiary/aromatic N) is 2. The topological polar surface area (TPSA) is 51.7 Å². The van der Waals surface area contributed by atoms with E-state index < -0.39 is 6.10 Å². The van der Waals surface area contributed by atoms with Crippen LogP contribution in [0.1, 0.15) is 18.6 Å². The number of fused-ring (bicyclic) bond motifs is 1. The molecule has 1 aliphatic heterocycles. The molecule has 5 heteroatoms. The van der Waals surface area contributed by atoms with Gasteiger partial charge in [0.2, 0.25) is 0 Å². The lowest BCUT2D eigenvalue weighted by molar-refractivity contribution is 0.0750. The SMILES string of the molecule is CCN1CCN(C[C@@H](O)c2c[nH]c3ccc(OC)cc23)CC1. The first-order valence-corrected chi connectivity index (χ1v) is 7.99. The zero-order valence-electron chi connectivity index (χ0n) is 13.4. The molecule has 22 heavy (non-hydrogen) atoms. The molecule has 0 amide bonds. The van der Waals surface area contributed by atoms with Gasteiger partial charge in [-0.1, -0.05) is 6.92 Å². The first-order valence-electron chi connectivity index (χ1n) is 7.99. The number of hydrogen-bond donors (Lipinski definition) is 2. The van der Waals surface area contributed by atoms with E-state index in [1.54, 1.807) is 7.11 Å². The van der Waals surface area contributed by atoms with Gasteiger partial charge < -0.3 is 19.7 Å². The quantitative estimate of drug-likeness (QED) is 0.885. The normalized spacial score (nSPS) is 18.7. The summed E-state index contributed by atoms with van der Waals surface area (Å²) in [6.45, 7) is 8.22. The fourth-order valence-electron chi connectivity index (χ4n) is 3.15. The van der Waals surface area contributed by atoms with Gasteiger partial charge in [-0.15, -0.1) is 0 Å². The Kier molecular flexibility index (Phi) is 4.66. The number of benzene rings is 1. The van der Waals surface area contributed by atoms with Crippen LogP contribution in [-0.4, -0.2) is 66.3 Å². The number of aliphatic hydroxyl groups excluding tert-OH is 1. The highest BCUT2D eigenvalue weighted by Crippen LogP contribution is 2.28. The van der Waals surface area contributed by atoms with Crippen LogP contribution in [0.25, 0.3) is 10.9 Å². The van der Waals surface area contributed by atoms with Crippen molar-refractivity contribution < 1.29 is 9.84 Å². The van der Waals surface area contributed by atoms with E-state index in [2.05, 4.69) is 21.7 Å². The number of nitrogens with one attached hydrogen (secondary N) is 1. The molecule has 2 aromatic rings. The van der Waals surface area contributed by atoms with Crippen molar-refractivity contribution in [2.45, 2.75) is 13.0 Å². The van der Waals surface area contributed by atoms with Gasteiger partial charge in [0.25, 0.3) is 0 Å². The van der Waals surface area contributed by atoms with E-state index in [-0.39, 0.29) is 0 Å². The summed E-state index contributed by atoms with van der Waals surface area (Å²) in [4.78, 5) is 8.02. The monoisotopic (exact) mass is 303 g/mol. The number of hydrogen-bond acceptors (Lipinski definition) is 4. The second-order valence-electron chi connectivity index (χ2n) is 5.91. The molecule has 0 aliphatic carbocycles. The first kappa shape index (κ1) is 15.3. The predicted molar refractivity (Wildman–Crippen MR) is 88.4 cm³/mol. The molecule has 5 nitrogen and oxygen atoms in total. The Morgan fingerprint density at radius 3 is 2.64 bits per heavy atom. The van der Waals surface area contributed by atoms with Crippen molar-refractivity contribution in [2.24, 2.45) is 0 Å². The van der Waals surface area contributed by atoms with Crippen molar-refractivity contribution >= 4 is 10.9 Å². The van der Waals surface area contributed by atoms with Gasteiger partial charge in [-0.3, -0.25) is 4.90 Å². The molecule has 0 spiro atoms. The summed E-state index contributed by atoms with van der Waals surface area (Å²) >= 11 is 0. The lowest BCUT2D eigenvalue weighted by atomic mass is 10.1. The molecular formula is C17H25N3O2. The highest BCUT2D eigenvalue weighted by Gasteiger charge is 2.20. The zero-order chi connectivity index (χ0) is 15.5. The van der Waals surface area contributed by atoms with Gasteiger partial charge in [-0.05, 0) is 24.7 Å². The van der Waals surface area contributed by atoms with E-state index in [1.807, 2.05) is 24.4 Å². The van der Waals surface area contributed by atoms with Gasteiger partial charge >= 0.3 is 0 Å². The third kappa shape index (κ3) is 3.11. The standard InChI is InChI=1S/C17H25N3O2/c1-3-19-6-8-20(9-7-19)12-17(21)15-11-18-16-5-4-13(22-2)10-14(15)16/h4-5,10-11,17-18,21H,3,6-9,12H2,1-2H3/t17-/m1/s1. The highest BCUT2D eigenvalue weighted by molar-refractivity contribution is 5.85. The first-order chi connectivity index (χ1) is 10.7. The molecule has 120 valence electrons. The Hall–Kier alpha value is -1.56. The molecule has 0 saturated carbocycles. The smallest absolute Gasteiger partial charge is 0.119 e. The van der Waals surface area contributed by atoms with Crippen molar-refractivity contribution in [1.29, 1.82) is 0 Å². The van der Waals surface area contributed by atoms with Crippen molar-refractivity contribution in [2.75, 3.05) is 46.4 Å². The van der Waals surface area contributed by atoms with Gasteiger partial charge in [0, 0.05) is 55.4 Å². The van der Waals surface area contributed by atoms with Crippen molar-refractivity contribution in [3.8, 4) is 5.75 Å². The van der Waals surface area contributed by atoms with Gasteiger partial charge in [0.1, 0.15) is 5.75 Å². The number of rotatable bonds is 5. The van der Waals surface area contributed by atoms with Crippen molar-refractivity contribution in [1.82, 2.24) is 14.8 Å². The van der Waals surface area contributed by atoms with Crippen molar-refractivity contribution in [3.63, 3.8) is 0 Å². The van der Waals surface area contributed by atoms with Gasteiger partial charge in [-0.25, -0.2) is 0 Å². The van der Waals surface area contributed by atoms with Crippen LogP contribution in [0.3, 0.4) is 0 Å². The Morgan fingerprint density at radius 1 is 1.23 bits per heavy atom. The molecule has 1 saturated heterocycles. The van der Waals surface area contributed by atoms with E-state index in [1.165, 1.54) is 0 Å². The molecule has 2 N–H and O–H groups in total. The maximum Gasteiger partial charge on any atom is 0.119 e. The summed E-state index contributed by atoms with van der Waals surface area (Å²) < 4.78 is 5.29. The number of piperazine rings is 1. The van der Waals surface area contributed by atoms with E-state index in [0.717, 1.165) is 54.9 Å². The van der Waals surface area contributed by atoms with Crippen LogP contribution in [0.2, 0.25) is 0 Å². The molecule has 0 radical (unpaired) electrons. The number of aromatic nitrogens is 1. The molecular weight excluding hydrogens is 278 g/mol. The van der Waals surface area contributed by atoms with Crippen molar-refractivity contribution in [3.05, 3.63) is 30.0 Å². The molecule has 0 bridgehead atoms. The van der Waals surface area contributed by atoms with Crippen LogP contribution in [0.5, 0.6) is 5.75 Å². The lowest BCUT2D eigenvalue weighted by Gasteiger charge is -2.34. The minimum absolute atomic E-state index is 0.478. The van der Waals surface area contributed by atoms with Crippen LogP contribution in [0.15, 0.2) is 24.4 Å². The van der Waals surface area contributed by atoms with Gasteiger partial charge in [0.05, 0.1) is 13.2 Å². The molecule has 1 aliphatic rings. The molecule has 2 heterocycles. The number of methoxy groups -OCH3 is 1. The third-order valence-corrected chi connectivity index (χ3v) is 4.62. The molecule has 0 unspecified atom stereocenters. The lowest BCUT2D eigenvalue weighted by Crippen LogP contribution is -2.47. The number of aliphatic hydroxyl groups is 1. The third-order valence-electron chi connectivity index (χ3n) is 4.62. The summed E-state index contributed by atoms with van der Waals surface area (Å²) in [6.07, 6.45) is 1.44. The van der Waals surface area contributed by atoms with Gasteiger partial charge in [0.15, 0.2) is 0 Å². The van der Waals surface area contributed by atoms with E-state index in [9.17, 15) is 5.11 Å². The summed E-state index contributed by atoms with van der Waals surface area (Å²) in [6, 6.07) is 5.91. The minimum atomic E-state index is -0.478. The number of likely N-dealkylation sites (N-methyl/N-ethyl adjacent to an activating group) is 1. The fraction of sp³-hybridized carbons (Fsp3) is 0.529. The van der Waals surface area contributed by atoms with Gasteiger partial charge in [-0.2, -0.15) is 0 Å². The molecule has 1 fully saturated rings. The Labute approximate surface area is 131 Å². The van der Waals surface area contributed by atoms with E-state index in [4.69, 9.17) is 4.74 Å². The maximum absolute atomic E-state index is 10.6. The maximum atomic E-state index is 10.6. The van der Waals surface area contributed by atoms with E-state index in [0.29, 0.717) is 6.54 Å². The average Bonchev–Trinajstić information content (AvgIpc) is 2.98. The number of aromatic amines is 1. The Balaban J connectivity index is 1.71. The largest absolute Gasteiger partial charge is 0.497 e. The second-order valence-corrected chi connectivity index (χ2v) is 5.91. The summed E-state index contributed by atoms with van der Waals surface area (Å²) in [5, 5.41) is 11.7.